The maximum Gasteiger partial charge on any atom is 0.119 e. The molecule has 1 aromatic carbocycles. The first-order valence-electron chi connectivity index (χ1n) is 8.74. The van der Waals surface area contributed by atoms with E-state index in [1.165, 1.54) is 0 Å². The fraction of sp³-hybridized carbons (Fsp3) is 0.550. The van der Waals surface area contributed by atoms with Crippen LogP contribution in [-0.4, -0.2) is 34.9 Å². The number of rotatable bonds is 9. The molecule has 0 spiro atoms. The molecule has 0 unspecified atom stereocenters. The molecule has 1 aliphatic rings. The molecule has 1 fully saturated rings. The molecule has 1 aliphatic carbocycles. The van der Waals surface area contributed by atoms with Crippen LogP contribution in [0.25, 0.3) is 0 Å². The van der Waals surface area contributed by atoms with Gasteiger partial charge in [0.05, 0.1) is 12.7 Å². The van der Waals surface area contributed by atoms with Crippen molar-refractivity contribution in [3.8, 4) is 5.75 Å². The number of hydrogen-bond donors (Lipinski definition) is 2. The number of halogens is 1. The number of allylic oxidation sites excluding steroid dienone is 2. The van der Waals surface area contributed by atoms with E-state index >= 15 is 0 Å². The second kappa shape index (κ2) is 12.5. The van der Waals surface area contributed by atoms with Crippen LogP contribution in [0.4, 0.5) is 0 Å². The molecule has 0 amide bonds. The van der Waals surface area contributed by atoms with Gasteiger partial charge in [-0.25, -0.2) is 0 Å². The topological polar surface area (TPSA) is 49.7 Å². The van der Waals surface area contributed by atoms with Gasteiger partial charge in [-0.1, -0.05) is 30.7 Å². The third-order valence-electron chi connectivity index (χ3n) is 4.69. The van der Waals surface area contributed by atoms with E-state index in [9.17, 15) is 5.11 Å². The van der Waals surface area contributed by atoms with Gasteiger partial charge in [0.15, 0.2) is 0 Å². The molecule has 1 radical (unpaired) electrons. The van der Waals surface area contributed by atoms with Crippen LogP contribution < -0.4 is 4.74 Å². The first kappa shape index (κ1) is 23.1. The van der Waals surface area contributed by atoms with Crippen LogP contribution in [0.5, 0.6) is 5.75 Å². The number of ether oxygens (including phenoxy) is 1. The average Bonchev–Trinajstić information content (AvgIpc) is 2.84. The molecule has 4 atom stereocenters. The van der Waals surface area contributed by atoms with Gasteiger partial charge in [0.1, 0.15) is 5.75 Å². The van der Waals surface area contributed by atoms with Crippen LogP contribution >= 0.6 is 11.6 Å². The first-order chi connectivity index (χ1) is 11.7. The Labute approximate surface area is 181 Å². The summed E-state index contributed by atoms with van der Waals surface area (Å²) >= 11 is 6.43. The second-order valence-electron chi connectivity index (χ2n) is 6.42. The summed E-state index contributed by atoms with van der Waals surface area (Å²) < 4.78 is 5.88. The average molecular weight is 441 g/mol. The molecule has 2 N–H and O–H groups in total. The van der Waals surface area contributed by atoms with Crippen LogP contribution in [0.2, 0.25) is 0 Å². The zero-order valence-electron chi connectivity index (χ0n) is 14.7. The Morgan fingerprint density at radius 2 is 1.92 bits per heavy atom. The van der Waals surface area contributed by atoms with Crippen LogP contribution in [-0.2, 0) is 39.1 Å². The molecule has 0 bridgehead atoms. The molecule has 0 heterocycles. The van der Waals surface area contributed by atoms with E-state index in [4.69, 9.17) is 21.4 Å². The Hall–Kier alpha value is 0.0739. The summed E-state index contributed by atoms with van der Waals surface area (Å²) in [5.74, 6) is 1.07. The normalized spacial score (nSPS) is 25.9. The molecular weight excluding hydrogens is 413 g/mol. The van der Waals surface area contributed by atoms with E-state index in [-0.39, 0.29) is 56.5 Å². The predicted octanol–water partition coefficient (Wildman–Crippen LogP) is 3.76. The van der Waals surface area contributed by atoms with E-state index in [1.54, 1.807) is 0 Å². The Balaban J connectivity index is 0.00000312. The van der Waals surface area contributed by atoms with E-state index in [2.05, 4.69) is 19.1 Å². The molecule has 3 nitrogen and oxygen atoms in total. The zero-order valence-corrected chi connectivity index (χ0v) is 18.3. The molecule has 0 saturated heterocycles. The minimum Gasteiger partial charge on any atom is -0.493 e. The fourth-order valence-electron chi connectivity index (χ4n) is 3.25. The third-order valence-corrected chi connectivity index (χ3v) is 5.19. The van der Waals surface area contributed by atoms with Crippen molar-refractivity contribution in [1.29, 1.82) is 0 Å². The number of alkyl halides is 1. The summed E-state index contributed by atoms with van der Waals surface area (Å²) in [7, 11) is 0. The summed E-state index contributed by atoms with van der Waals surface area (Å²) in [4.78, 5) is 0. The second-order valence-corrected chi connectivity index (χ2v) is 6.99. The van der Waals surface area contributed by atoms with Gasteiger partial charge in [-0.05, 0) is 42.9 Å². The maximum atomic E-state index is 10.3. The molecule has 2 rings (SSSR count). The maximum absolute atomic E-state index is 10.3. The van der Waals surface area contributed by atoms with Crippen molar-refractivity contribution in [3.05, 3.63) is 48.9 Å². The number of aliphatic hydroxyl groups is 2. The predicted molar refractivity (Wildman–Crippen MR) is 98.3 cm³/mol. The van der Waals surface area contributed by atoms with Gasteiger partial charge in [-0.3, -0.25) is 0 Å². The van der Waals surface area contributed by atoms with Gasteiger partial charge >= 0.3 is 0 Å². The van der Waals surface area contributed by atoms with Gasteiger partial charge in [-0.15, -0.1) is 11.6 Å². The van der Waals surface area contributed by atoms with Crippen molar-refractivity contribution < 1.29 is 47.7 Å². The zero-order chi connectivity index (χ0) is 17.4. The molecule has 137 valence electrons. The van der Waals surface area contributed by atoms with Crippen LogP contribution in [0.15, 0.2) is 36.4 Å². The van der Waals surface area contributed by atoms with Gasteiger partial charge in [0.2, 0.25) is 0 Å². The van der Waals surface area contributed by atoms with Crippen molar-refractivity contribution in [1.82, 2.24) is 0 Å². The number of aliphatic hydroxyl groups excluding tert-OH is 2. The standard InChI is InChI=1S/C20H28ClO3.Y/c1-2-3-4-5-6-17-18(20(23)13-19(17)21)14-24-16-9-7-15(8-10-16)11-12-22;/h4-5,7-10,17-20,22-23H,1-3,6,11-14H2;/q-1;/b5-4-;/t17-,18-,19-,20-;/m1./s1. The van der Waals surface area contributed by atoms with Crippen molar-refractivity contribution in [2.24, 2.45) is 11.8 Å². The molecule has 1 aromatic rings. The third kappa shape index (κ3) is 7.30. The molecule has 1 saturated carbocycles. The SMILES string of the molecule is [CH2-]CC/C=C\C[C@@H]1[C@@H](COc2ccc(CCO)cc2)[C@H](O)C[C@H]1Cl.[Y]. The number of unbranched alkanes of at least 4 members (excludes halogenated alkanes) is 1. The summed E-state index contributed by atoms with van der Waals surface area (Å²) in [5, 5.41) is 19.2. The van der Waals surface area contributed by atoms with Crippen LogP contribution in [0.3, 0.4) is 0 Å². The van der Waals surface area contributed by atoms with Crippen LogP contribution in [0.1, 0.15) is 31.2 Å². The van der Waals surface area contributed by atoms with Crippen LogP contribution in [0, 0.1) is 18.8 Å². The Morgan fingerprint density at radius 3 is 2.56 bits per heavy atom. The molecule has 25 heavy (non-hydrogen) atoms. The van der Waals surface area contributed by atoms with Crippen molar-refractivity contribution in [2.45, 2.75) is 43.6 Å². The largest absolute Gasteiger partial charge is 0.493 e. The Morgan fingerprint density at radius 1 is 1.20 bits per heavy atom. The minimum absolute atomic E-state index is 0. The first-order valence-corrected chi connectivity index (χ1v) is 9.18. The number of benzene rings is 1. The number of hydrogen-bond acceptors (Lipinski definition) is 3. The summed E-state index contributed by atoms with van der Waals surface area (Å²) in [6.45, 7) is 4.44. The molecule has 0 aromatic heterocycles. The molecular formula is C20H28ClO3Y-. The van der Waals surface area contributed by atoms with E-state index < -0.39 is 6.10 Å². The Kier molecular flexibility index (Phi) is 11.5. The summed E-state index contributed by atoms with van der Waals surface area (Å²) in [6.07, 6.45) is 7.90. The van der Waals surface area contributed by atoms with E-state index in [0.717, 1.165) is 30.6 Å². The quantitative estimate of drug-likeness (QED) is 0.349. The van der Waals surface area contributed by atoms with E-state index in [1.807, 2.05) is 24.3 Å². The fourth-order valence-corrected chi connectivity index (χ4v) is 3.73. The van der Waals surface area contributed by atoms with Crippen molar-refractivity contribution in [3.63, 3.8) is 0 Å². The monoisotopic (exact) mass is 440 g/mol. The smallest absolute Gasteiger partial charge is 0.119 e. The van der Waals surface area contributed by atoms with Gasteiger partial charge in [0.25, 0.3) is 0 Å². The van der Waals surface area contributed by atoms with Gasteiger partial charge in [-0.2, -0.15) is 6.42 Å². The Bertz CT molecular complexity index is 506. The molecule has 5 heteroatoms. The summed E-state index contributed by atoms with van der Waals surface area (Å²) in [5.41, 5.74) is 1.08. The van der Waals surface area contributed by atoms with Crippen molar-refractivity contribution in [2.75, 3.05) is 13.2 Å². The van der Waals surface area contributed by atoms with Gasteiger partial charge < -0.3 is 21.9 Å². The summed E-state index contributed by atoms with van der Waals surface area (Å²) in [6, 6.07) is 7.74. The van der Waals surface area contributed by atoms with Gasteiger partial charge in [0, 0.05) is 50.6 Å². The minimum atomic E-state index is -0.410. The van der Waals surface area contributed by atoms with Crippen molar-refractivity contribution >= 4 is 11.6 Å². The molecule has 0 aliphatic heterocycles. The van der Waals surface area contributed by atoms with E-state index in [0.29, 0.717) is 19.4 Å².